The minimum Gasteiger partial charge on any atom is -0.497 e. The summed E-state index contributed by atoms with van der Waals surface area (Å²) in [5.74, 6) is 2.17. The highest BCUT2D eigenvalue weighted by atomic mass is 16.5. The van der Waals surface area contributed by atoms with Gasteiger partial charge in [0.2, 0.25) is 5.78 Å². The van der Waals surface area contributed by atoms with Gasteiger partial charge in [-0.2, -0.15) is 0 Å². The summed E-state index contributed by atoms with van der Waals surface area (Å²) in [5, 5.41) is 2.94. The zero-order chi connectivity index (χ0) is 17.2. The molecule has 2 aromatic heterocycles. The van der Waals surface area contributed by atoms with Crippen molar-refractivity contribution in [2.24, 2.45) is 5.92 Å². The zero-order valence-electron chi connectivity index (χ0n) is 13.8. The number of fused-ring (bicyclic) bond motifs is 2. The van der Waals surface area contributed by atoms with Crippen LogP contribution in [0.4, 0.5) is 0 Å². The Morgan fingerprint density at radius 1 is 1.48 bits per heavy atom. The number of rotatable bonds is 4. The van der Waals surface area contributed by atoms with Crippen molar-refractivity contribution in [3.63, 3.8) is 0 Å². The lowest BCUT2D eigenvalue weighted by Crippen LogP contribution is -2.35. The Morgan fingerprint density at radius 2 is 2.40 bits per heavy atom. The fraction of sp³-hybridized carbons (Fsp3) is 0.278. The summed E-state index contributed by atoms with van der Waals surface area (Å²) in [5.41, 5.74) is 1.49. The van der Waals surface area contributed by atoms with Crippen molar-refractivity contribution in [3.05, 3.63) is 54.1 Å². The second kappa shape index (κ2) is 6.43. The van der Waals surface area contributed by atoms with E-state index in [1.807, 2.05) is 24.4 Å². The molecule has 0 bridgehead atoms. The first kappa shape index (κ1) is 15.4. The molecule has 1 aliphatic heterocycles. The third kappa shape index (κ3) is 3.13. The van der Waals surface area contributed by atoms with Gasteiger partial charge in [0.1, 0.15) is 17.2 Å². The quantitative estimate of drug-likeness (QED) is 0.784. The molecule has 0 radical (unpaired) electrons. The van der Waals surface area contributed by atoms with E-state index in [0.29, 0.717) is 24.6 Å². The molecule has 3 heterocycles. The van der Waals surface area contributed by atoms with Crippen LogP contribution in [0.5, 0.6) is 11.5 Å². The Bertz CT molecular complexity index is 889. The molecule has 0 unspecified atom stereocenters. The number of methoxy groups -OCH3 is 1. The third-order valence-corrected chi connectivity index (χ3v) is 4.28. The summed E-state index contributed by atoms with van der Waals surface area (Å²) in [4.78, 5) is 20.7. The van der Waals surface area contributed by atoms with E-state index in [-0.39, 0.29) is 11.8 Å². The van der Waals surface area contributed by atoms with Crippen LogP contribution >= 0.6 is 0 Å². The molecule has 3 aromatic rings. The molecular weight excluding hydrogens is 320 g/mol. The maximum atomic E-state index is 12.3. The van der Waals surface area contributed by atoms with Gasteiger partial charge in [-0.1, -0.05) is 6.07 Å². The number of carbonyl (C=O) groups excluding carboxylic acids is 1. The van der Waals surface area contributed by atoms with E-state index >= 15 is 0 Å². The summed E-state index contributed by atoms with van der Waals surface area (Å²) in [6.07, 6.45) is 5.99. The Labute approximate surface area is 144 Å². The van der Waals surface area contributed by atoms with Gasteiger partial charge >= 0.3 is 0 Å². The predicted molar refractivity (Wildman–Crippen MR) is 91.0 cm³/mol. The van der Waals surface area contributed by atoms with Crippen molar-refractivity contribution in [2.45, 2.75) is 6.42 Å². The summed E-state index contributed by atoms with van der Waals surface area (Å²) in [7, 11) is 1.64. The van der Waals surface area contributed by atoms with Crippen molar-refractivity contribution < 1.29 is 14.3 Å². The smallest absolute Gasteiger partial charge is 0.271 e. The van der Waals surface area contributed by atoms with Gasteiger partial charge in [-0.05, 0) is 24.1 Å². The molecule has 1 amide bonds. The van der Waals surface area contributed by atoms with Gasteiger partial charge in [0.05, 0.1) is 13.7 Å². The van der Waals surface area contributed by atoms with Crippen LogP contribution in [0.1, 0.15) is 16.1 Å². The molecule has 0 fully saturated rings. The molecule has 0 saturated carbocycles. The Hall–Kier alpha value is -3.09. The predicted octanol–water partition coefficient (Wildman–Crippen LogP) is 1.72. The van der Waals surface area contributed by atoms with E-state index in [2.05, 4.69) is 15.3 Å². The fourth-order valence-electron chi connectivity index (χ4n) is 2.94. The van der Waals surface area contributed by atoms with Crippen molar-refractivity contribution in [1.29, 1.82) is 0 Å². The summed E-state index contributed by atoms with van der Waals surface area (Å²) >= 11 is 0. The summed E-state index contributed by atoms with van der Waals surface area (Å²) in [6.45, 7) is 1.10. The number of ether oxygens (including phenoxy) is 2. The van der Waals surface area contributed by atoms with Gasteiger partial charge in [0.15, 0.2) is 0 Å². The van der Waals surface area contributed by atoms with Crippen LogP contribution in [0.2, 0.25) is 0 Å². The fourth-order valence-corrected chi connectivity index (χ4v) is 2.94. The van der Waals surface area contributed by atoms with Crippen molar-refractivity contribution >= 4 is 11.7 Å². The largest absolute Gasteiger partial charge is 0.497 e. The Balaban J connectivity index is 1.39. The highest BCUT2D eigenvalue weighted by Gasteiger charge is 2.21. The van der Waals surface area contributed by atoms with Crippen LogP contribution in [-0.4, -0.2) is 40.5 Å². The van der Waals surface area contributed by atoms with Gasteiger partial charge in [-0.15, -0.1) is 0 Å². The highest BCUT2D eigenvalue weighted by Crippen LogP contribution is 2.30. The van der Waals surface area contributed by atoms with Gasteiger partial charge in [0.25, 0.3) is 5.91 Å². The zero-order valence-corrected chi connectivity index (χ0v) is 13.8. The second-order valence-electron chi connectivity index (χ2n) is 6.02. The van der Waals surface area contributed by atoms with Gasteiger partial charge in [0, 0.05) is 37.1 Å². The molecule has 0 spiro atoms. The van der Waals surface area contributed by atoms with Crippen LogP contribution in [0.25, 0.3) is 5.78 Å². The maximum Gasteiger partial charge on any atom is 0.271 e. The number of imidazole rings is 1. The SMILES string of the molecule is COc1ccc2c(c1)OC[C@@H](CNC(=O)c1cn3cccnc3n1)C2. The first-order valence-corrected chi connectivity index (χ1v) is 8.10. The van der Waals surface area contributed by atoms with Gasteiger partial charge in [-0.3, -0.25) is 9.20 Å². The third-order valence-electron chi connectivity index (χ3n) is 4.28. The average molecular weight is 338 g/mol. The van der Waals surface area contributed by atoms with Crippen LogP contribution in [0.15, 0.2) is 42.9 Å². The minimum atomic E-state index is -0.203. The molecule has 0 aliphatic carbocycles. The molecule has 1 atom stereocenters. The van der Waals surface area contributed by atoms with E-state index in [4.69, 9.17) is 9.47 Å². The number of hydrogen-bond donors (Lipinski definition) is 1. The molecule has 25 heavy (non-hydrogen) atoms. The maximum absolute atomic E-state index is 12.3. The van der Waals surface area contributed by atoms with Crippen LogP contribution < -0.4 is 14.8 Å². The van der Waals surface area contributed by atoms with E-state index in [0.717, 1.165) is 23.5 Å². The van der Waals surface area contributed by atoms with Gasteiger partial charge in [-0.25, -0.2) is 9.97 Å². The molecule has 7 nitrogen and oxygen atoms in total. The molecule has 7 heteroatoms. The topological polar surface area (TPSA) is 77.8 Å². The molecule has 1 N–H and O–H groups in total. The summed E-state index contributed by atoms with van der Waals surface area (Å²) < 4.78 is 12.7. The number of hydrogen-bond acceptors (Lipinski definition) is 5. The number of carbonyl (C=O) groups is 1. The van der Waals surface area contributed by atoms with Gasteiger partial charge < -0.3 is 14.8 Å². The molecule has 1 aliphatic rings. The number of aromatic nitrogens is 3. The molecule has 1 aromatic carbocycles. The number of amides is 1. The van der Waals surface area contributed by atoms with Crippen LogP contribution in [0, 0.1) is 5.92 Å². The van der Waals surface area contributed by atoms with E-state index in [9.17, 15) is 4.79 Å². The minimum absolute atomic E-state index is 0.203. The molecule has 0 saturated heterocycles. The van der Waals surface area contributed by atoms with E-state index in [1.54, 1.807) is 30.0 Å². The second-order valence-corrected chi connectivity index (χ2v) is 6.02. The monoisotopic (exact) mass is 338 g/mol. The first-order valence-electron chi connectivity index (χ1n) is 8.10. The molecule has 128 valence electrons. The lowest BCUT2D eigenvalue weighted by Gasteiger charge is -2.25. The number of nitrogens with one attached hydrogen (secondary N) is 1. The summed E-state index contributed by atoms with van der Waals surface area (Å²) in [6, 6.07) is 7.62. The Kier molecular flexibility index (Phi) is 3.97. The lowest BCUT2D eigenvalue weighted by molar-refractivity contribution is 0.0934. The van der Waals surface area contributed by atoms with E-state index < -0.39 is 0 Å². The number of benzene rings is 1. The highest BCUT2D eigenvalue weighted by molar-refractivity contribution is 5.92. The van der Waals surface area contributed by atoms with Crippen LogP contribution in [0.3, 0.4) is 0 Å². The van der Waals surface area contributed by atoms with Crippen molar-refractivity contribution in [2.75, 3.05) is 20.3 Å². The number of nitrogens with zero attached hydrogens (tertiary/aromatic N) is 3. The van der Waals surface area contributed by atoms with Crippen molar-refractivity contribution in [1.82, 2.24) is 19.7 Å². The lowest BCUT2D eigenvalue weighted by atomic mass is 9.96. The molecular formula is C18H18N4O3. The first-order chi connectivity index (χ1) is 12.2. The molecule has 4 rings (SSSR count). The normalized spacial score (nSPS) is 16.1. The Morgan fingerprint density at radius 3 is 3.24 bits per heavy atom. The van der Waals surface area contributed by atoms with E-state index in [1.165, 1.54) is 0 Å². The van der Waals surface area contributed by atoms with Crippen LogP contribution in [-0.2, 0) is 6.42 Å². The van der Waals surface area contributed by atoms with Crippen molar-refractivity contribution in [3.8, 4) is 11.5 Å². The standard InChI is InChI=1S/C18H18N4O3/c1-24-14-4-3-13-7-12(11-25-16(13)8-14)9-20-17(23)15-10-22-6-2-5-19-18(22)21-15/h2-6,8,10,12H,7,9,11H2,1H3,(H,20,23)/t12-/m1/s1. The average Bonchev–Trinajstić information content (AvgIpc) is 3.10.